The van der Waals surface area contributed by atoms with E-state index in [1.807, 2.05) is 17.0 Å². The van der Waals surface area contributed by atoms with E-state index in [-0.39, 0.29) is 36.8 Å². The average molecular weight is 403 g/mol. The van der Waals surface area contributed by atoms with E-state index >= 15 is 0 Å². The van der Waals surface area contributed by atoms with Crippen LogP contribution >= 0.6 is 24.8 Å². The van der Waals surface area contributed by atoms with E-state index in [2.05, 4.69) is 4.90 Å². The highest BCUT2D eigenvalue weighted by molar-refractivity contribution is 5.93. The highest BCUT2D eigenvalue weighted by atomic mass is 35.5. The zero-order valence-corrected chi connectivity index (χ0v) is 16.4. The molecule has 1 saturated heterocycles. The number of nitrogens with zero attached hydrogens (tertiary/aromatic N) is 2. The van der Waals surface area contributed by atoms with Crippen LogP contribution in [0.2, 0.25) is 0 Å². The molecule has 0 bridgehead atoms. The number of amides is 2. The quantitative estimate of drug-likeness (QED) is 0.802. The van der Waals surface area contributed by atoms with E-state index in [9.17, 15) is 9.59 Å². The lowest BCUT2D eigenvalue weighted by Crippen LogP contribution is -2.49. The van der Waals surface area contributed by atoms with Gasteiger partial charge >= 0.3 is 0 Å². The Hall–Kier alpha value is -1.50. The minimum atomic E-state index is -0.415. The third-order valence-corrected chi connectivity index (χ3v) is 5.30. The first kappa shape index (κ1) is 22.5. The Morgan fingerprint density at radius 1 is 1.00 bits per heavy atom. The number of nitrogens with two attached hydrogens (primary N) is 2. The smallest absolute Gasteiger partial charge is 0.248 e. The first-order valence-electron chi connectivity index (χ1n) is 8.73. The number of piperazine rings is 1. The van der Waals surface area contributed by atoms with E-state index in [1.165, 1.54) is 0 Å². The summed E-state index contributed by atoms with van der Waals surface area (Å²) in [6, 6.07) is 7.51. The maximum atomic E-state index is 12.5. The summed E-state index contributed by atoms with van der Waals surface area (Å²) in [6.45, 7) is 3.08. The number of hydrogen-bond donors (Lipinski definition) is 2. The van der Waals surface area contributed by atoms with Gasteiger partial charge < -0.3 is 21.3 Å². The molecule has 146 valence electrons. The molecule has 1 heterocycles. The van der Waals surface area contributed by atoms with Crippen LogP contribution in [-0.2, 0) is 4.79 Å². The summed E-state index contributed by atoms with van der Waals surface area (Å²) in [6.07, 6.45) is 3.87. The van der Waals surface area contributed by atoms with Crippen LogP contribution in [0.3, 0.4) is 0 Å². The van der Waals surface area contributed by atoms with Crippen LogP contribution in [0.4, 0.5) is 5.69 Å². The van der Waals surface area contributed by atoms with Crippen LogP contribution in [0.5, 0.6) is 0 Å². The van der Waals surface area contributed by atoms with Gasteiger partial charge in [0.15, 0.2) is 0 Å². The molecule has 1 aliphatic heterocycles. The zero-order valence-electron chi connectivity index (χ0n) is 14.8. The van der Waals surface area contributed by atoms with Crippen LogP contribution < -0.4 is 16.4 Å². The first-order chi connectivity index (χ1) is 11.5. The van der Waals surface area contributed by atoms with Gasteiger partial charge in [0.25, 0.3) is 0 Å². The molecule has 0 unspecified atom stereocenters. The lowest BCUT2D eigenvalue weighted by molar-refractivity contribution is -0.132. The topological polar surface area (TPSA) is 92.7 Å². The van der Waals surface area contributed by atoms with Gasteiger partial charge in [0.2, 0.25) is 11.8 Å². The average Bonchev–Trinajstić information content (AvgIpc) is 3.00. The van der Waals surface area contributed by atoms with Crippen molar-refractivity contribution in [2.75, 3.05) is 31.1 Å². The zero-order chi connectivity index (χ0) is 17.1. The van der Waals surface area contributed by atoms with Gasteiger partial charge in [-0.1, -0.05) is 6.42 Å². The molecule has 0 radical (unpaired) electrons. The first-order valence-corrected chi connectivity index (χ1v) is 8.73. The van der Waals surface area contributed by atoms with Gasteiger partial charge in [-0.2, -0.15) is 0 Å². The minimum Gasteiger partial charge on any atom is -0.368 e. The molecule has 3 rings (SSSR count). The van der Waals surface area contributed by atoms with Crippen LogP contribution in [0.25, 0.3) is 0 Å². The van der Waals surface area contributed by atoms with Crippen molar-refractivity contribution < 1.29 is 9.59 Å². The number of carbonyl (C=O) groups is 2. The molecule has 8 heteroatoms. The van der Waals surface area contributed by atoms with E-state index in [0.717, 1.165) is 51.1 Å². The summed E-state index contributed by atoms with van der Waals surface area (Å²) < 4.78 is 0. The van der Waals surface area contributed by atoms with Gasteiger partial charge in [0.05, 0.1) is 0 Å². The van der Waals surface area contributed by atoms with Gasteiger partial charge in [-0.25, -0.2) is 0 Å². The van der Waals surface area contributed by atoms with Gasteiger partial charge in [-0.3, -0.25) is 9.59 Å². The number of rotatable bonds is 4. The van der Waals surface area contributed by atoms with Crippen LogP contribution in [0, 0.1) is 5.92 Å². The van der Waals surface area contributed by atoms with E-state index in [4.69, 9.17) is 11.5 Å². The van der Waals surface area contributed by atoms with Crippen molar-refractivity contribution in [1.29, 1.82) is 0 Å². The van der Waals surface area contributed by atoms with E-state index < -0.39 is 5.91 Å². The predicted molar refractivity (Wildman–Crippen MR) is 108 cm³/mol. The molecule has 0 aromatic heterocycles. The third kappa shape index (κ3) is 5.25. The number of carbonyl (C=O) groups excluding carboxylic acids is 2. The summed E-state index contributed by atoms with van der Waals surface area (Å²) in [7, 11) is 0. The monoisotopic (exact) mass is 402 g/mol. The molecule has 1 aliphatic carbocycles. The van der Waals surface area contributed by atoms with Crippen LogP contribution in [0.15, 0.2) is 24.3 Å². The summed E-state index contributed by atoms with van der Waals surface area (Å²) in [5.41, 5.74) is 12.9. The van der Waals surface area contributed by atoms with Crippen molar-refractivity contribution in [3.8, 4) is 0 Å². The molecule has 26 heavy (non-hydrogen) atoms. The van der Waals surface area contributed by atoms with Gasteiger partial charge in [-0.15, -0.1) is 24.8 Å². The second-order valence-electron chi connectivity index (χ2n) is 6.84. The second-order valence-corrected chi connectivity index (χ2v) is 6.84. The van der Waals surface area contributed by atoms with Gasteiger partial charge in [0.1, 0.15) is 0 Å². The summed E-state index contributed by atoms with van der Waals surface area (Å²) in [4.78, 5) is 27.8. The lowest BCUT2D eigenvalue weighted by atomic mass is 9.99. The molecule has 1 aromatic rings. The number of primary amides is 1. The summed E-state index contributed by atoms with van der Waals surface area (Å²) >= 11 is 0. The highest BCUT2D eigenvalue weighted by Gasteiger charge is 2.29. The molecule has 1 saturated carbocycles. The van der Waals surface area contributed by atoms with Crippen molar-refractivity contribution in [2.45, 2.75) is 31.7 Å². The maximum Gasteiger partial charge on any atom is 0.248 e. The molecule has 2 atom stereocenters. The van der Waals surface area contributed by atoms with Crippen molar-refractivity contribution in [1.82, 2.24) is 4.90 Å². The van der Waals surface area contributed by atoms with Gasteiger partial charge in [-0.05, 0) is 43.0 Å². The van der Waals surface area contributed by atoms with E-state index in [0.29, 0.717) is 17.9 Å². The van der Waals surface area contributed by atoms with Crippen molar-refractivity contribution in [2.24, 2.45) is 17.4 Å². The fraction of sp³-hybridized carbons (Fsp3) is 0.556. The summed E-state index contributed by atoms with van der Waals surface area (Å²) in [5.74, 6) is 0.181. The molecule has 2 amide bonds. The third-order valence-electron chi connectivity index (χ3n) is 5.30. The fourth-order valence-electron chi connectivity index (χ4n) is 3.72. The predicted octanol–water partition coefficient (Wildman–Crippen LogP) is 1.80. The molecule has 6 nitrogen and oxygen atoms in total. The Kier molecular flexibility index (Phi) is 8.67. The van der Waals surface area contributed by atoms with Crippen molar-refractivity contribution >= 4 is 42.3 Å². The van der Waals surface area contributed by atoms with E-state index in [1.54, 1.807) is 12.1 Å². The maximum absolute atomic E-state index is 12.5. The standard InChI is InChI=1S/C18H26N4O2.2ClH/c19-16-3-1-2-14(16)12-17(23)22-10-8-21(9-11-22)15-6-4-13(5-7-15)18(20)24;;/h4-7,14,16H,1-3,8-12,19H2,(H2,20,24);2*1H/t14-,16+;;/m0../s1. The summed E-state index contributed by atoms with van der Waals surface area (Å²) in [5, 5.41) is 0. The molecular formula is C18H28Cl2N4O2. The van der Waals surface area contributed by atoms with Crippen molar-refractivity contribution in [3.63, 3.8) is 0 Å². The second kappa shape index (κ2) is 10.00. The molecule has 2 aliphatic rings. The lowest BCUT2D eigenvalue weighted by Gasteiger charge is -2.36. The Labute approximate surface area is 167 Å². The minimum absolute atomic E-state index is 0. The normalized spacial score (nSPS) is 22.3. The highest BCUT2D eigenvalue weighted by Crippen LogP contribution is 2.27. The molecule has 0 spiro atoms. The SMILES string of the molecule is Cl.Cl.NC(=O)c1ccc(N2CCN(C(=O)C[C@@H]3CCC[C@H]3N)CC2)cc1. The molecule has 2 fully saturated rings. The molecule has 1 aromatic carbocycles. The number of anilines is 1. The Morgan fingerprint density at radius 3 is 2.12 bits per heavy atom. The van der Waals surface area contributed by atoms with Crippen LogP contribution in [0.1, 0.15) is 36.0 Å². The Morgan fingerprint density at radius 2 is 1.62 bits per heavy atom. The number of hydrogen-bond acceptors (Lipinski definition) is 4. The van der Waals surface area contributed by atoms with Gasteiger partial charge in [0, 0.05) is 49.9 Å². The molecular weight excluding hydrogens is 375 g/mol. The van der Waals surface area contributed by atoms with Crippen LogP contribution in [-0.4, -0.2) is 48.9 Å². The Balaban J connectivity index is 0.00000169. The van der Waals surface area contributed by atoms with Crippen molar-refractivity contribution in [3.05, 3.63) is 29.8 Å². The Bertz CT molecular complexity index is 604. The number of benzene rings is 1. The fourth-order valence-corrected chi connectivity index (χ4v) is 3.72. The molecule has 4 N–H and O–H groups in total. The number of halogens is 2. The largest absolute Gasteiger partial charge is 0.368 e.